The molecular weight excluding hydrogens is 330 g/mol. The van der Waals surface area contributed by atoms with Crippen molar-refractivity contribution in [2.75, 3.05) is 7.04 Å². The van der Waals surface area contributed by atoms with Crippen LogP contribution in [0, 0.1) is 0 Å². The van der Waals surface area contributed by atoms with Crippen LogP contribution >= 0.6 is 0 Å². The molecule has 4 rings (SSSR count). The minimum Gasteiger partial charge on any atom is -0.496 e. The van der Waals surface area contributed by atoms with Crippen LogP contribution in [0.3, 0.4) is 0 Å². The van der Waals surface area contributed by atoms with Gasteiger partial charge in [0.15, 0.2) is 0 Å². The zero-order chi connectivity index (χ0) is 20.6. The lowest BCUT2D eigenvalue weighted by Crippen LogP contribution is -2.12. The van der Waals surface area contributed by atoms with Gasteiger partial charge in [0.2, 0.25) is 0 Å². The Hall–Kier alpha value is -3.28. The predicted molar refractivity (Wildman–Crippen MR) is 97.1 cm³/mol. The number of hydrogen-bond acceptors (Lipinski definition) is 4. The van der Waals surface area contributed by atoms with E-state index in [1.54, 1.807) is 41.1 Å². The van der Waals surface area contributed by atoms with E-state index in [0.29, 0.717) is 29.0 Å². The number of aromatic nitrogens is 2. The number of ether oxygens (including phenoxy) is 2. The lowest BCUT2D eigenvalue weighted by Gasteiger charge is -2.15. The zero-order valence-electron chi connectivity index (χ0n) is 17.2. The van der Waals surface area contributed by atoms with E-state index in [-0.39, 0.29) is 18.3 Å². The van der Waals surface area contributed by atoms with Gasteiger partial charge in [-0.1, -0.05) is 18.2 Å². The van der Waals surface area contributed by atoms with Gasteiger partial charge in [0.1, 0.15) is 18.1 Å². The zero-order valence-corrected chi connectivity index (χ0v) is 14.2. The van der Waals surface area contributed by atoms with Crippen molar-refractivity contribution in [3.63, 3.8) is 0 Å². The Bertz CT molecular complexity index is 1080. The monoisotopic (exact) mass is 352 g/mol. The molecule has 0 radical (unpaired) electrons. The maximum absolute atomic E-state index is 12.2. The Morgan fingerprint density at radius 2 is 2.08 bits per heavy atom. The van der Waals surface area contributed by atoms with E-state index in [1.807, 2.05) is 19.3 Å². The van der Waals surface area contributed by atoms with Crippen LogP contribution in [0.1, 0.15) is 25.7 Å². The van der Waals surface area contributed by atoms with Gasteiger partial charge in [-0.15, -0.1) is 0 Å². The molecule has 1 amide bonds. The fraction of sp³-hybridized carbons (Fsp3) is 0.200. The molecule has 0 saturated carbocycles. The number of nitrogens with zero attached hydrogens (tertiary/aromatic N) is 2. The van der Waals surface area contributed by atoms with Crippen LogP contribution in [0.25, 0.3) is 11.1 Å². The normalized spacial score (nSPS) is 14.8. The summed E-state index contributed by atoms with van der Waals surface area (Å²) in [5.74, 6) is 0.535. The van der Waals surface area contributed by atoms with Crippen molar-refractivity contribution in [1.29, 1.82) is 0 Å². The van der Waals surface area contributed by atoms with E-state index in [4.69, 9.17) is 13.6 Å². The first-order valence-corrected chi connectivity index (χ1v) is 8.15. The lowest BCUT2D eigenvalue weighted by molar-refractivity contribution is 0.0966. The van der Waals surface area contributed by atoms with E-state index in [0.717, 1.165) is 11.3 Å². The molecule has 26 heavy (non-hydrogen) atoms. The third kappa shape index (κ3) is 2.90. The van der Waals surface area contributed by atoms with E-state index in [9.17, 15) is 4.79 Å². The van der Waals surface area contributed by atoms with Gasteiger partial charge in [0.05, 0.1) is 16.8 Å². The van der Waals surface area contributed by atoms with Crippen molar-refractivity contribution in [2.24, 2.45) is 7.05 Å². The molecule has 0 fully saturated rings. The van der Waals surface area contributed by atoms with Crippen LogP contribution in [0.2, 0.25) is 0 Å². The molecular formula is C20H19N3O3. The summed E-state index contributed by atoms with van der Waals surface area (Å²) in [6.45, 7) is 0.651. The fourth-order valence-electron chi connectivity index (χ4n) is 3.05. The Morgan fingerprint density at radius 3 is 2.88 bits per heavy atom. The second-order valence-electron chi connectivity index (χ2n) is 6.06. The first kappa shape index (κ1) is 13.0. The number of hydrogen-bond donors (Lipinski definition) is 1. The molecule has 0 unspecified atom stereocenters. The number of nitrogens with one attached hydrogen (secondary N) is 1. The van der Waals surface area contributed by atoms with Crippen LogP contribution in [-0.2, 0) is 20.2 Å². The number of carbonyl (C=O) groups excluding carboxylic acids is 1. The minimum atomic E-state index is -2.60. The quantitative estimate of drug-likeness (QED) is 0.767. The largest absolute Gasteiger partial charge is 0.496 e. The van der Waals surface area contributed by atoms with Crippen molar-refractivity contribution in [2.45, 2.75) is 13.2 Å². The van der Waals surface area contributed by atoms with Crippen molar-refractivity contribution in [1.82, 2.24) is 15.1 Å². The summed E-state index contributed by atoms with van der Waals surface area (Å²) in [6, 6.07) is 12.2. The molecule has 6 heteroatoms. The second kappa shape index (κ2) is 6.55. The highest BCUT2D eigenvalue weighted by atomic mass is 16.5. The van der Waals surface area contributed by atoms with Gasteiger partial charge in [-0.25, -0.2) is 0 Å². The van der Waals surface area contributed by atoms with Gasteiger partial charge in [0, 0.05) is 36.5 Å². The molecule has 0 aliphatic carbocycles. The van der Waals surface area contributed by atoms with Crippen molar-refractivity contribution in [3.8, 4) is 22.6 Å². The number of methoxy groups -OCH3 is 1. The molecule has 0 bridgehead atoms. The average Bonchev–Trinajstić information content (AvgIpc) is 3.24. The predicted octanol–water partition coefficient (Wildman–Crippen LogP) is 2.92. The number of aryl methyl sites for hydroxylation is 1. The lowest BCUT2D eigenvalue weighted by atomic mass is 9.98. The number of fused-ring (bicyclic) bond motifs is 1. The van der Waals surface area contributed by atoms with Gasteiger partial charge in [-0.2, -0.15) is 5.10 Å². The van der Waals surface area contributed by atoms with Gasteiger partial charge in [-0.3, -0.25) is 9.48 Å². The molecule has 1 aliphatic heterocycles. The highest BCUT2D eigenvalue weighted by molar-refractivity contribution is 6.00. The molecule has 6 nitrogen and oxygen atoms in total. The average molecular weight is 352 g/mol. The Kier molecular flexibility index (Phi) is 3.28. The number of amides is 1. The first-order valence-electron chi connectivity index (χ1n) is 9.65. The van der Waals surface area contributed by atoms with Crippen LogP contribution in [0.4, 0.5) is 0 Å². The summed E-state index contributed by atoms with van der Waals surface area (Å²) < 4.78 is 35.2. The van der Waals surface area contributed by atoms with Crippen LogP contribution in [0.15, 0.2) is 48.7 Å². The van der Waals surface area contributed by atoms with E-state index >= 15 is 0 Å². The first-order chi connectivity index (χ1) is 13.8. The highest BCUT2D eigenvalue weighted by Crippen LogP contribution is 2.39. The van der Waals surface area contributed by atoms with Gasteiger partial charge >= 0.3 is 0 Å². The Morgan fingerprint density at radius 1 is 1.19 bits per heavy atom. The summed E-state index contributed by atoms with van der Waals surface area (Å²) in [4.78, 5) is 12.2. The molecule has 0 saturated heterocycles. The molecule has 132 valence electrons. The molecule has 1 aliphatic rings. The number of benzene rings is 2. The summed E-state index contributed by atoms with van der Waals surface area (Å²) in [7, 11) is -0.775. The highest BCUT2D eigenvalue weighted by Gasteiger charge is 2.23. The number of rotatable bonds is 5. The molecule has 2 aromatic carbocycles. The molecule has 1 aromatic heterocycles. The van der Waals surface area contributed by atoms with Crippen LogP contribution < -0.4 is 14.8 Å². The maximum atomic E-state index is 12.2. The third-order valence-corrected chi connectivity index (χ3v) is 4.32. The SMILES string of the molecule is [2H]C([2H])([2H])Oc1ccccc1-c1cc2c(cc1OCc1ccn(C)n1)CNC2=O. The minimum absolute atomic E-state index is 0.174. The summed E-state index contributed by atoms with van der Waals surface area (Å²) >= 11 is 0. The number of para-hydroxylation sites is 1. The summed E-state index contributed by atoms with van der Waals surface area (Å²) in [6.07, 6.45) is 1.82. The van der Waals surface area contributed by atoms with E-state index in [1.165, 1.54) is 0 Å². The molecule has 0 spiro atoms. The smallest absolute Gasteiger partial charge is 0.251 e. The molecule has 1 N–H and O–H groups in total. The maximum Gasteiger partial charge on any atom is 0.251 e. The third-order valence-electron chi connectivity index (χ3n) is 4.32. The van der Waals surface area contributed by atoms with Crippen LogP contribution in [-0.4, -0.2) is 22.7 Å². The Labute approximate surface area is 155 Å². The van der Waals surface area contributed by atoms with Crippen molar-refractivity contribution in [3.05, 3.63) is 65.5 Å². The summed E-state index contributed by atoms with van der Waals surface area (Å²) in [5, 5.41) is 7.09. The van der Waals surface area contributed by atoms with Crippen LogP contribution in [0.5, 0.6) is 11.5 Å². The van der Waals surface area contributed by atoms with Crippen molar-refractivity contribution < 1.29 is 18.4 Å². The fourth-order valence-corrected chi connectivity index (χ4v) is 3.05. The standard InChI is InChI=1S/C20H19N3O3/c1-23-8-7-14(22-23)12-26-19-9-13-11-21-20(24)16(13)10-17(19)15-5-3-4-6-18(15)25-2/h3-10H,11-12H2,1-2H3,(H,21,24)/i2D3. The molecule has 2 heterocycles. The van der Waals surface area contributed by atoms with Gasteiger partial charge in [-0.05, 0) is 29.8 Å². The van der Waals surface area contributed by atoms with E-state index in [2.05, 4.69) is 10.4 Å². The Balaban J connectivity index is 1.77. The number of carbonyl (C=O) groups is 1. The molecule has 0 atom stereocenters. The van der Waals surface area contributed by atoms with Crippen molar-refractivity contribution >= 4 is 5.91 Å². The van der Waals surface area contributed by atoms with Gasteiger partial charge in [0.25, 0.3) is 5.91 Å². The second-order valence-corrected chi connectivity index (χ2v) is 6.06. The van der Waals surface area contributed by atoms with Gasteiger partial charge < -0.3 is 14.8 Å². The van der Waals surface area contributed by atoms with E-state index < -0.39 is 7.04 Å². The topological polar surface area (TPSA) is 65.4 Å². The summed E-state index contributed by atoms with van der Waals surface area (Å²) in [5.41, 5.74) is 3.22. The molecule has 3 aromatic rings.